The van der Waals surface area contributed by atoms with Gasteiger partial charge in [-0.05, 0) is 36.5 Å². The monoisotopic (exact) mass is 366 g/mol. The van der Waals surface area contributed by atoms with Crippen LogP contribution in [-0.2, 0) is 23.9 Å². The summed E-state index contributed by atoms with van der Waals surface area (Å²) in [5.41, 5.74) is 0. The lowest BCUT2D eigenvalue weighted by Gasteiger charge is -2.23. The highest BCUT2D eigenvalue weighted by molar-refractivity contribution is 5.83. The Morgan fingerprint density at radius 1 is 1.00 bits per heavy atom. The van der Waals surface area contributed by atoms with Crippen molar-refractivity contribution in [3.8, 4) is 0 Å². The number of hydrogen-bond donors (Lipinski definition) is 1. The molecule has 5 atom stereocenters. The number of ether oxygens (including phenoxy) is 2. The van der Waals surface area contributed by atoms with Gasteiger partial charge in [-0.15, -0.1) is 0 Å². The summed E-state index contributed by atoms with van der Waals surface area (Å²) in [7, 11) is 0. The fraction of sp³-hybridized carbons (Fsp3) is 0.750. The molecule has 5 unspecified atom stereocenters. The predicted octanol–water partition coefficient (Wildman–Crippen LogP) is 2.91. The van der Waals surface area contributed by atoms with Crippen LogP contribution in [0, 0.1) is 41.4 Å². The van der Waals surface area contributed by atoms with Crippen molar-refractivity contribution in [2.45, 2.75) is 40.5 Å². The Balaban J connectivity index is 1.79. The second-order valence-electron chi connectivity index (χ2n) is 8.15. The molecule has 0 saturated heterocycles. The maximum atomic E-state index is 12.3. The van der Waals surface area contributed by atoms with E-state index in [2.05, 4.69) is 13.8 Å². The van der Waals surface area contributed by atoms with Crippen molar-refractivity contribution in [1.82, 2.24) is 0 Å². The maximum Gasteiger partial charge on any atom is 0.310 e. The van der Waals surface area contributed by atoms with Gasteiger partial charge in [0.25, 0.3) is 0 Å². The molecular formula is C20H30O6. The van der Waals surface area contributed by atoms with E-state index in [0.29, 0.717) is 12.3 Å². The Kier molecular flexibility index (Phi) is 6.84. The highest BCUT2D eigenvalue weighted by Gasteiger charge is 2.52. The van der Waals surface area contributed by atoms with Crippen LogP contribution in [0.15, 0.2) is 12.2 Å². The Morgan fingerprint density at radius 2 is 1.58 bits per heavy atom. The first-order chi connectivity index (χ1) is 12.2. The molecule has 0 aromatic rings. The number of carboxylic acid groups (broad SMARTS) is 1. The van der Waals surface area contributed by atoms with Crippen LogP contribution >= 0.6 is 0 Å². The molecule has 1 fully saturated rings. The quantitative estimate of drug-likeness (QED) is 0.383. The summed E-state index contributed by atoms with van der Waals surface area (Å²) in [6.07, 6.45) is 5.25. The first kappa shape index (κ1) is 20.5. The van der Waals surface area contributed by atoms with Gasteiger partial charge in [0.1, 0.15) is 13.2 Å². The molecule has 2 rings (SSSR count). The SMILES string of the molecule is CC(C)CC(C(=O)OCCOC(=O)C1C2C=CC(C2)C1C(=O)O)C(C)C. The van der Waals surface area contributed by atoms with Gasteiger partial charge >= 0.3 is 17.9 Å². The molecule has 0 aliphatic heterocycles. The predicted molar refractivity (Wildman–Crippen MR) is 95.1 cm³/mol. The highest BCUT2D eigenvalue weighted by Crippen LogP contribution is 2.48. The maximum absolute atomic E-state index is 12.3. The van der Waals surface area contributed by atoms with Gasteiger partial charge in [0, 0.05) is 0 Å². The summed E-state index contributed by atoms with van der Waals surface area (Å²) in [6, 6.07) is 0. The number of hydrogen-bond acceptors (Lipinski definition) is 5. The van der Waals surface area contributed by atoms with Crippen molar-refractivity contribution in [1.29, 1.82) is 0 Å². The Hall–Kier alpha value is -1.85. The topological polar surface area (TPSA) is 89.9 Å². The lowest BCUT2D eigenvalue weighted by molar-refractivity contribution is -0.162. The van der Waals surface area contributed by atoms with E-state index in [1.54, 1.807) is 0 Å². The fourth-order valence-electron chi connectivity index (χ4n) is 4.12. The van der Waals surface area contributed by atoms with Crippen molar-refractivity contribution < 1.29 is 29.0 Å². The second kappa shape index (κ2) is 8.69. The molecule has 0 amide bonds. The number of carbonyl (C=O) groups is 3. The van der Waals surface area contributed by atoms with Gasteiger partial charge in [-0.1, -0.05) is 39.8 Å². The smallest absolute Gasteiger partial charge is 0.310 e. The average Bonchev–Trinajstić information content (AvgIpc) is 3.16. The van der Waals surface area contributed by atoms with Gasteiger partial charge in [-0.3, -0.25) is 14.4 Å². The first-order valence-corrected chi connectivity index (χ1v) is 9.46. The van der Waals surface area contributed by atoms with Crippen molar-refractivity contribution in [3.05, 3.63) is 12.2 Å². The van der Waals surface area contributed by atoms with Crippen molar-refractivity contribution in [2.75, 3.05) is 13.2 Å². The zero-order valence-corrected chi connectivity index (χ0v) is 16.0. The zero-order chi connectivity index (χ0) is 19.4. The zero-order valence-electron chi connectivity index (χ0n) is 16.0. The fourth-order valence-corrected chi connectivity index (χ4v) is 4.12. The molecule has 0 radical (unpaired) electrons. The summed E-state index contributed by atoms with van der Waals surface area (Å²) < 4.78 is 10.5. The minimum atomic E-state index is -0.955. The van der Waals surface area contributed by atoms with E-state index in [1.165, 1.54) is 0 Å². The number of rotatable bonds is 9. The van der Waals surface area contributed by atoms with E-state index in [-0.39, 0.29) is 42.9 Å². The number of fused-ring (bicyclic) bond motifs is 2. The molecule has 1 saturated carbocycles. The van der Waals surface area contributed by atoms with E-state index >= 15 is 0 Å². The van der Waals surface area contributed by atoms with E-state index in [4.69, 9.17) is 9.47 Å². The lowest BCUT2D eigenvalue weighted by Crippen LogP contribution is -2.34. The molecule has 6 heteroatoms. The summed E-state index contributed by atoms with van der Waals surface area (Å²) >= 11 is 0. The van der Waals surface area contributed by atoms with Crippen LogP contribution in [0.4, 0.5) is 0 Å². The molecule has 0 aromatic heterocycles. The number of carbonyl (C=O) groups excluding carboxylic acids is 2. The van der Waals surface area contributed by atoms with Gasteiger partial charge < -0.3 is 14.6 Å². The van der Waals surface area contributed by atoms with E-state index in [0.717, 1.165) is 6.42 Å². The Morgan fingerprint density at radius 3 is 2.12 bits per heavy atom. The number of esters is 2. The molecule has 2 aliphatic carbocycles. The van der Waals surface area contributed by atoms with Gasteiger partial charge in [-0.25, -0.2) is 0 Å². The Labute approximate surface area is 154 Å². The van der Waals surface area contributed by atoms with E-state index < -0.39 is 23.8 Å². The largest absolute Gasteiger partial charge is 0.481 e. The van der Waals surface area contributed by atoms with Crippen LogP contribution in [0.5, 0.6) is 0 Å². The highest BCUT2D eigenvalue weighted by atomic mass is 16.6. The summed E-state index contributed by atoms with van der Waals surface area (Å²) in [6.45, 7) is 8.06. The summed E-state index contributed by atoms with van der Waals surface area (Å²) in [5.74, 6) is -2.82. The van der Waals surface area contributed by atoms with Crippen LogP contribution in [-0.4, -0.2) is 36.2 Å². The third kappa shape index (κ3) is 4.65. The minimum absolute atomic E-state index is 0.000279. The molecule has 0 heterocycles. The van der Waals surface area contributed by atoms with Gasteiger partial charge in [0.15, 0.2) is 0 Å². The number of carboxylic acids is 1. The van der Waals surface area contributed by atoms with E-state index in [9.17, 15) is 19.5 Å². The van der Waals surface area contributed by atoms with Crippen molar-refractivity contribution >= 4 is 17.9 Å². The molecular weight excluding hydrogens is 336 g/mol. The summed E-state index contributed by atoms with van der Waals surface area (Å²) in [5, 5.41) is 9.37. The minimum Gasteiger partial charge on any atom is -0.481 e. The van der Waals surface area contributed by atoms with E-state index in [1.807, 2.05) is 26.0 Å². The molecule has 2 aliphatic rings. The number of allylic oxidation sites excluding steroid dienone is 2. The summed E-state index contributed by atoms with van der Waals surface area (Å²) in [4.78, 5) is 36.0. The third-order valence-corrected chi connectivity index (χ3v) is 5.42. The molecule has 146 valence electrons. The second-order valence-corrected chi connectivity index (χ2v) is 8.15. The molecule has 26 heavy (non-hydrogen) atoms. The van der Waals surface area contributed by atoms with Gasteiger partial charge in [-0.2, -0.15) is 0 Å². The standard InChI is InChI=1S/C20H30O6/c1-11(2)9-15(12(3)4)19(23)25-7-8-26-20(24)17-14-6-5-13(10-14)16(17)18(21)22/h5-6,11-17H,7-10H2,1-4H3,(H,21,22). The van der Waals surface area contributed by atoms with Crippen LogP contribution in [0.25, 0.3) is 0 Å². The molecule has 1 N–H and O–H groups in total. The molecule has 0 spiro atoms. The first-order valence-electron chi connectivity index (χ1n) is 9.46. The molecule has 0 aromatic carbocycles. The van der Waals surface area contributed by atoms with Crippen molar-refractivity contribution in [2.24, 2.45) is 41.4 Å². The van der Waals surface area contributed by atoms with Crippen LogP contribution in [0.2, 0.25) is 0 Å². The van der Waals surface area contributed by atoms with Crippen molar-refractivity contribution in [3.63, 3.8) is 0 Å². The number of aliphatic carboxylic acids is 1. The van der Waals surface area contributed by atoms with Crippen LogP contribution in [0.3, 0.4) is 0 Å². The molecule has 6 nitrogen and oxygen atoms in total. The van der Waals surface area contributed by atoms with Gasteiger partial charge in [0.05, 0.1) is 17.8 Å². The van der Waals surface area contributed by atoms with Gasteiger partial charge in [0.2, 0.25) is 0 Å². The normalized spacial score (nSPS) is 27.8. The third-order valence-electron chi connectivity index (χ3n) is 5.42. The van der Waals surface area contributed by atoms with Crippen LogP contribution in [0.1, 0.15) is 40.5 Å². The Bertz CT molecular complexity index is 565. The van der Waals surface area contributed by atoms with Crippen LogP contribution < -0.4 is 0 Å². The lowest BCUT2D eigenvalue weighted by atomic mass is 9.83. The average molecular weight is 366 g/mol. The molecule has 2 bridgehead atoms.